The van der Waals surface area contributed by atoms with Crippen LogP contribution >= 0.6 is 0 Å². The van der Waals surface area contributed by atoms with Crippen LogP contribution in [0.1, 0.15) is 13.8 Å². The first-order valence-corrected chi connectivity index (χ1v) is 8.12. The maximum Gasteiger partial charge on any atom is 0.263 e. The van der Waals surface area contributed by atoms with Gasteiger partial charge in [0.05, 0.1) is 0 Å². The van der Waals surface area contributed by atoms with E-state index in [9.17, 15) is 9.59 Å². The Morgan fingerprint density at radius 1 is 1.12 bits per heavy atom. The molecule has 0 aliphatic carbocycles. The van der Waals surface area contributed by atoms with Crippen molar-refractivity contribution < 1.29 is 18.7 Å². The van der Waals surface area contributed by atoms with Crippen LogP contribution < -0.4 is 4.74 Å². The number of hydrogen-bond donors (Lipinski definition) is 0. The van der Waals surface area contributed by atoms with E-state index >= 15 is 0 Å². The fourth-order valence-electron chi connectivity index (χ4n) is 2.73. The maximum absolute atomic E-state index is 12.5. The number of aromatic nitrogens is 2. The quantitative estimate of drug-likeness (QED) is 0.828. The van der Waals surface area contributed by atoms with Crippen LogP contribution in [0.3, 0.4) is 0 Å². The van der Waals surface area contributed by atoms with Crippen LogP contribution in [0.15, 0.2) is 35.1 Å². The summed E-state index contributed by atoms with van der Waals surface area (Å²) < 4.78 is 10.9. The van der Waals surface area contributed by atoms with Crippen LogP contribution in [0.25, 0.3) is 11.5 Å². The lowest BCUT2D eigenvalue weighted by atomic mass is 10.2. The molecular formula is C17H20N4O4. The molecule has 1 atom stereocenters. The Morgan fingerprint density at radius 3 is 2.32 bits per heavy atom. The Kier molecular flexibility index (Phi) is 4.97. The zero-order valence-electron chi connectivity index (χ0n) is 14.2. The summed E-state index contributed by atoms with van der Waals surface area (Å²) in [5.74, 6) is 0.979. The van der Waals surface area contributed by atoms with Gasteiger partial charge in [0, 0.05) is 38.7 Å². The minimum absolute atomic E-state index is 0.0396. The Bertz CT molecular complexity index is 722. The van der Waals surface area contributed by atoms with Gasteiger partial charge in [-0.1, -0.05) is 0 Å². The van der Waals surface area contributed by atoms with Crippen molar-refractivity contribution >= 4 is 11.8 Å². The molecule has 0 saturated carbocycles. The number of ether oxygens (including phenoxy) is 1. The van der Waals surface area contributed by atoms with Gasteiger partial charge < -0.3 is 19.0 Å². The lowest BCUT2D eigenvalue weighted by molar-refractivity contribution is -0.143. The second-order valence-corrected chi connectivity index (χ2v) is 5.86. The van der Waals surface area contributed by atoms with Gasteiger partial charge in [-0.15, -0.1) is 10.2 Å². The van der Waals surface area contributed by atoms with Gasteiger partial charge in [-0.3, -0.25) is 9.59 Å². The average Bonchev–Trinajstić information content (AvgIpc) is 3.16. The molecule has 1 aliphatic heterocycles. The van der Waals surface area contributed by atoms with E-state index < -0.39 is 6.10 Å². The number of benzene rings is 1. The molecule has 25 heavy (non-hydrogen) atoms. The first kappa shape index (κ1) is 16.9. The summed E-state index contributed by atoms with van der Waals surface area (Å²) in [6.07, 6.45) is 0.671. The minimum Gasteiger partial charge on any atom is -0.481 e. The summed E-state index contributed by atoms with van der Waals surface area (Å²) in [7, 11) is 0. The lowest BCUT2D eigenvalue weighted by Gasteiger charge is -2.35. The van der Waals surface area contributed by atoms with Crippen molar-refractivity contribution in [3.8, 4) is 17.2 Å². The fraction of sp³-hybridized carbons (Fsp3) is 0.412. The maximum atomic E-state index is 12.5. The monoisotopic (exact) mass is 344 g/mol. The van der Waals surface area contributed by atoms with Crippen LogP contribution in [0.2, 0.25) is 0 Å². The average molecular weight is 344 g/mol. The van der Waals surface area contributed by atoms with E-state index in [0.717, 1.165) is 5.56 Å². The number of rotatable bonds is 4. The molecule has 1 unspecified atom stereocenters. The molecule has 1 aliphatic rings. The number of carbonyl (C=O) groups is 2. The molecule has 3 rings (SSSR count). The Morgan fingerprint density at radius 2 is 1.76 bits per heavy atom. The summed E-state index contributed by atoms with van der Waals surface area (Å²) in [6, 6.07) is 7.12. The molecule has 1 saturated heterocycles. The minimum atomic E-state index is -0.599. The smallest absolute Gasteiger partial charge is 0.263 e. The molecule has 0 bridgehead atoms. The molecule has 8 heteroatoms. The van der Waals surface area contributed by atoms with Crippen LogP contribution in [0.5, 0.6) is 5.75 Å². The normalized spacial score (nSPS) is 15.8. The van der Waals surface area contributed by atoms with E-state index in [0.29, 0.717) is 37.8 Å². The molecule has 1 aromatic carbocycles. The number of hydrogen-bond acceptors (Lipinski definition) is 6. The van der Waals surface area contributed by atoms with E-state index in [1.54, 1.807) is 47.9 Å². The Balaban J connectivity index is 1.56. The van der Waals surface area contributed by atoms with E-state index in [1.807, 2.05) is 0 Å². The van der Waals surface area contributed by atoms with E-state index in [4.69, 9.17) is 9.15 Å². The van der Waals surface area contributed by atoms with Gasteiger partial charge in [-0.05, 0) is 31.2 Å². The van der Waals surface area contributed by atoms with Gasteiger partial charge in [0.25, 0.3) is 5.91 Å². The third-order valence-corrected chi connectivity index (χ3v) is 4.16. The van der Waals surface area contributed by atoms with Crippen LogP contribution in [-0.4, -0.2) is 64.1 Å². The zero-order chi connectivity index (χ0) is 17.8. The molecule has 0 radical (unpaired) electrons. The molecular weight excluding hydrogens is 324 g/mol. The molecule has 2 amide bonds. The summed E-state index contributed by atoms with van der Waals surface area (Å²) in [5.41, 5.74) is 0.782. The summed E-state index contributed by atoms with van der Waals surface area (Å²) in [6.45, 7) is 5.45. The Hall–Kier alpha value is -2.90. The highest BCUT2D eigenvalue weighted by Crippen LogP contribution is 2.21. The fourth-order valence-corrected chi connectivity index (χ4v) is 2.73. The molecule has 8 nitrogen and oxygen atoms in total. The second kappa shape index (κ2) is 7.33. The van der Waals surface area contributed by atoms with Crippen LogP contribution in [-0.2, 0) is 9.59 Å². The van der Waals surface area contributed by atoms with E-state index in [-0.39, 0.29) is 11.8 Å². The largest absolute Gasteiger partial charge is 0.481 e. The van der Waals surface area contributed by atoms with Crippen molar-refractivity contribution in [2.45, 2.75) is 20.0 Å². The number of piperazine rings is 1. The molecule has 1 fully saturated rings. The standard InChI is InChI=1S/C17H20N4O4/c1-12(17(23)21-9-7-20(8-10-21)13(2)22)25-15-5-3-14(4-6-15)16-19-18-11-24-16/h3-6,11-12H,7-10H2,1-2H3. The van der Waals surface area contributed by atoms with Gasteiger partial charge in [-0.2, -0.15) is 0 Å². The van der Waals surface area contributed by atoms with Gasteiger partial charge in [-0.25, -0.2) is 0 Å². The predicted molar refractivity (Wildman–Crippen MR) is 88.7 cm³/mol. The van der Waals surface area contributed by atoms with Gasteiger partial charge >= 0.3 is 0 Å². The van der Waals surface area contributed by atoms with Crippen molar-refractivity contribution in [2.24, 2.45) is 0 Å². The molecule has 1 aromatic heterocycles. The number of nitrogens with zero attached hydrogens (tertiary/aromatic N) is 4. The molecule has 132 valence electrons. The third-order valence-electron chi connectivity index (χ3n) is 4.16. The van der Waals surface area contributed by atoms with Gasteiger partial charge in [0.1, 0.15) is 5.75 Å². The zero-order valence-corrected chi connectivity index (χ0v) is 14.2. The van der Waals surface area contributed by atoms with Crippen LogP contribution in [0, 0.1) is 0 Å². The van der Waals surface area contributed by atoms with E-state index in [2.05, 4.69) is 10.2 Å². The SMILES string of the molecule is CC(=O)N1CCN(C(=O)C(C)Oc2ccc(-c3nnco3)cc2)CC1. The highest BCUT2D eigenvalue weighted by molar-refractivity contribution is 5.81. The summed E-state index contributed by atoms with van der Waals surface area (Å²) in [4.78, 5) is 27.3. The van der Waals surface area contributed by atoms with Gasteiger partial charge in [0.15, 0.2) is 6.10 Å². The Labute approximate surface area is 145 Å². The highest BCUT2D eigenvalue weighted by Gasteiger charge is 2.26. The number of carbonyl (C=O) groups excluding carboxylic acids is 2. The van der Waals surface area contributed by atoms with Crippen molar-refractivity contribution in [2.75, 3.05) is 26.2 Å². The van der Waals surface area contributed by atoms with Crippen molar-refractivity contribution in [1.29, 1.82) is 0 Å². The third kappa shape index (κ3) is 3.96. The number of amides is 2. The molecule has 2 aromatic rings. The highest BCUT2D eigenvalue weighted by atomic mass is 16.5. The van der Waals surface area contributed by atoms with Crippen molar-refractivity contribution in [1.82, 2.24) is 20.0 Å². The molecule has 0 spiro atoms. The van der Waals surface area contributed by atoms with Gasteiger partial charge in [0.2, 0.25) is 18.2 Å². The molecule has 2 heterocycles. The topological polar surface area (TPSA) is 88.8 Å². The van der Waals surface area contributed by atoms with Crippen LogP contribution in [0.4, 0.5) is 0 Å². The first-order valence-electron chi connectivity index (χ1n) is 8.12. The molecule has 0 N–H and O–H groups in total. The summed E-state index contributed by atoms with van der Waals surface area (Å²) in [5, 5.41) is 7.48. The van der Waals surface area contributed by atoms with E-state index in [1.165, 1.54) is 6.39 Å². The van der Waals surface area contributed by atoms with Crippen molar-refractivity contribution in [3.63, 3.8) is 0 Å². The summed E-state index contributed by atoms with van der Waals surface area (Å²) >= 11 is 0. The lowest BCUT2D eigenvalue weighted by Crippen LogP contribution is -2.52. The first-order chi connectivity index (χ1) is 12.0. The second-order valence-electron chi connectivity index (χ2n) is 5.86. The predicted octanol–water partition coefficient (Wildman–Crippen LogP) is 1.19. The van der Waals surface area contributed by atoms with Crippen molar-refractivity contribution in [3.05, 3.63) is 30.7 Å².